The Morgan fingerprint density at radius 1 is 1.10 bits per heavy atom. The predicted molar refractivity (Wildman–Crippen MR) is 109 cm³/mol. The van der Waals surface area contributed by atoms with E-state index < -0.39 is 0 Å². The highest BCUT2D eigenvalue weighted by Gasteiger charge is 2.26. The topological polar surface area (TPSA) is 72.5 Å². The molecule has 5 rings (SSSR count). The summed E-state index contributed by atoms with van der Waals surface area (Å²) in [6.45, 7) is 0.995. The van der Waals surface area contributed by atoms with E-state index in [1.807, 2.05) is 36.4 Å². The fraction of sp³-hybridized carbons (Fsp3) is 0.182. The minimum atomic E-state index is -0.128. The Labute approximate surface area is 166 Å². The van der Waals surface area contributed by atoms with Crippen molar-refractivity contribution >= 4 is 11.6 Å². The maximum Gasteiger partial charge on any atom is 0.274 e. The first kappa shape index (κ1) is 17.4. The summed E-state index contributed by atoms with van der Waals surface area (Å²) in [7, 11) is 1.80. The third-order valence-corrected chi connectivity index (χ3v) is 5.44. The average Bonchev–Trinajstić information content (AvgIpc) is 3.20. The van der Waals surface area contributed by atoms with Crippen LogP contribution in [0, 0.1) is 0 Å². The molecular formula is C22H19N5O2. The van der Waals surface area contributed by atoms with Crippen molar-refractivity contribution in [1.29, 1.82) is 0 Å². The maximum atomic E-state index is 13.0. The lowest BCUT2D eigenvalue weighted by Gasteiger charge is -2.30. The van der Waals surface area contributed by atoms with Crippen molar-refractivity contribution in [3.05, 3.63) is 88.2 Å². The third kappa shape index (κ3) is 2.91. The largest absolute Gasteiger partial charge is 0.332 e. The monoisotopic (exact) mass is 385 g/mol. The van der Waals surface area contributed by atoms with E-state index in [9.17, 15) is 9.59 Å². The summed E-state index contributed by atoms with van der Waals surface area (Å²) in [6.07, 6.45) is 4.08. The van der Waals surface area contributed by atoms with Gasteiger partial charge in [0.05, 0.1) is 0 Å². The zero-order valence-corrected chi connectivity index (χ0v) is 15.9. The second-order valence-corrected chi connectivity index (χ2v) is 7.19. The van der Waals surface area contributed by atoms with E-state index >= 15 is 0 Å². The molecule has 29 heavy (non-hydrogen) atoms. The second kappa shape index (κ2) is 6.70. The SMILES string of the molecule is Cn1c2c(cc(-c3ccccc3)c1=O)CN(C(=O)c1cc3ncccn3n1)CC2. The molecule has 0 aliphatic carbocycles. The van der Waals surface area contributed by atoms with E-state index in [4.69, 9.17) is 0 Å². The summed E-state index contributed by atoms with van der Waals surface area (Å²) in [6, 6.07) is 15.0. The molecule has 1 aliphatic heterocycles. The highest BCUT2D eigenvalue weighted by atomic mass is 16.2. The summed E-state index contributed by atoms with van der Waals surface area (Å²) in [5, 5.41) is 4.35. The minimum Gasteiger partial charge on any atom is -0.332 e. The van der Waals surface area contributed by atoms with Crippen molar-refractivity contribution in [2.75, 3.05) is 6.54 Å². The fourth-order valence-corrected chi connectivity index (χ4v) is 3.92. The molecule has 1 aliphatic rings. The van der Waals surface area contributed by atoms with E-state index in [1.165, 1.54) is 0 Å². The van der Waals surface area contributed by atoms with Crippen LogP contribution in [0.5, 0.6) is 0 Å². The van der Waals surface area contributed by atoms with Crippen LogP contribution in [0.25, 0.3) is 16.8 Å². The van der Waals surface area contributed by atoms with Crippen molar-refractivity contribution in [3.8, 4) is 11.1 Å². The van der Waals surface area contributed by atoms with Gasteiger partial charge in [-0.2, -0.15) is 5.10 Å². The Hall–Kier alpha value is -3.74. The van der Waals surface area contributed by atoms with Crippen molar-refractivity contribution < 1.29 is 4.79 Å². The van der Waals surface area contributed by atoms with Crippen LogP contribution in [-0.4, -0.2) is 36.5 Å². The van der Waals surface area contributed by atoms with Gasteiger partial charge in [-0.15, -0.1) is 0 Å². The van der Waals surface area contributed by atoms with Gasteiger partial charge in [0.2, 0.25) is 0 Å². The third-order valence-electron chi connectivity index (χ3n) is 5.44. The summed E-state index contributed by atoms with van der Waals surface area (Å²) < 4.78 is 3.32. The number of fused-ring (bicyclic) bond motifs is 2. The standard InChI is InChI=1S/C22H19N5O2/c1-25-19-8-11-26(22(29)18-13-20-23-9-5-10-27(20)24-18)14-16(19)12-17(21(25)28)15-6-3-2-4-7-15/h2-7,9-10,12-13H,8,11,14H2,1H3. The van der Waals surface area contributed by atoms with Gasteiger partial charge in [-0.3, -0.25) is 9.59 Å². The lowest BCUT2D eigenvalue weighted by molar-refractivity contribution is 0.0726. The highest BCUT2D eigenvalue weighted by Crippen LogP contribution is 2.24. The summed E-state index contributed by atoms with van der Waals surface area (Å²) in [5.74, 6) is -0.128. The number of hydrogen-bond donors (Lipinski definition) is 0. The van der Waals surface area contributed by atoms with Crippen molar-refractivity contribution in [2.24, 2.45) is 7.05 Å². The molecule has 4 aromatic rings. The zero-order chi connectivity index (χ0) is 20.0. The summed E-state index contributed by atoms with van der Waals surface area (Å²) >= 11 is 0. The van der Waals surface area contributed by atoms with Gasteiger partial charge in [0.25, 0.3) is 11.5 Å². The van der Waals surface area contributed by atoms with E-state index in [0.29, 0.717) is 36.4 Å². The van der Waals surface area contributed by atoms with Gasteiger partial charge in [-0.05, 0) is 23.3 Å². The van der Waals surface area contributed by atoms with Crippen LogP contribution in [0.1, 0.15) is 21.7 Å². The Morgan fingerprint density at radius 2 is 1.93 bits per heavy atom. The van der Waals surface area contributed by atoms with Crippen LogP contribution in [0.4, 0.5) is 0 Å². The van der Waals surface area contributed by atoms with Crippen LogP contribution < -0.4 is 5.56 Å². The quantitative estimate of drug-likeness (QED) is 0.531. The van der Waals surface area contributed by atoms with E-state index in [2.05, 4.69) is 10.1 Å². The second-order valence-electron chi connectivity index (χ2n) is 7.19. The Morgan fingerprint density at radius 3 is 2.72 bits per heavy atom. The Bertz CT molecular complexity index is 1260. The molecule has 1 aromatic carbocycles. The first-order valence-corrected chi connectivity index (χ1v) is 9.49. The van der Waals surface area contributed by atoms with Gasteiger partial charge < -0.3 is 9.47 Å². The molecule has 7 heteroatoms. The van der Waals surface area contributed by atoms with Crippen molar-refractivity contribution in [2.45, 2.75) is 13.0 Å². The molecule has 0 spiro atoms. The van der Waals surface area contributed by atoms with Crippen LogP contribution in [0.3, 0.4) is 0 Å². The molecule has 0 saturated heterocycles. The first-order chi connectivity index (χ1) is 14.1. The Balaban J connectivity index is 1.50. The van der Waals surface area contributed by atoms with Crippen molar-refractivity contribution in [3.63, 3.8) is 0 Å². The van der Waals surface area contributed by atoms with Gasteiger partial charge >= 0.3 is 0 Å². The van der Waals surface area contributed by atoms with Gasteiger partial charge in [0.15, 0.2) is 11.3 Å². The molecule has 0 bridgehead atoms. The van der Waals surface area contributed by atoms with E-state index in [1.54, 1.807) is 45.6 Å². The fourth-order valence-electron chi connectivity index (χ4n) is 3.92. The molecule has 0 fully saturated rings. The van der Waals surface area contributed by atoms with E-state index in [-0.39, 0.29) is 11.5 Å². The summed E-state index contributed by atoms with van der Waals surface area (Å²) in [5.41, 5.74) is 4.51. The normalized spacial score (nSPS) is 13.5. The molecule has 144 valence electrons. The number of aromatic nitrogens is 4. The highest BCUT2D eigenvalue weighted by molar-refractivity contribution is 5.93. The lowest BCUT2D eigenvalue weighted by Crippen LogP contribution is -2.39. The predicted octanol–water partition coefficient (Wildman–Crippen LogP) is 2.29. The smallest absolute Gasteiger partial charge is 0.274 e. The van der Waals surface area contributed by atoms with Crippen LogP contribution >= 0.6 is 0 Å². The lowest BCUT2D eigenvalue weighted by atomic mass is 9.99. The molecular weight excluding hydrogens is 366 g/mol. The maximum absolute atomic E-state index is 13.0. The number of nitrogens with zero attached hydrogens (tertiary/aromatic N) is 5. The molecule has 1 amide bonds. The number of hydrogen-bond acceptors (Lipinski definition) is 4. The minimum absolute atomic E-state index is 0.0128. The van der Waals surface area contributed by atoms with Crippen LogP contribution in [-0.2, 0) is 20.0 Å². The molecule has 4 heterocycles. The molecule has 7 nitrogen and oxygen atoms in total. The molecule has 3 aromatic heterocycles. The number of carbonyl (C=O) groups is 1. The summed E-state index contributed by atoms with van der Waals surface area (Å²) in [4.78, 5) is 31.9. The molecule has 0 unspecified atom stereocenters. The van der Waals surface area contributed by atoms with Crippen LogP contribution in [0.15, 0.2) is 65.7 Å². The van der Waals surface area contributed by atoms with E-state index in [0.717, 1.165) is 16.8 Å². The molecule has 0 saturated carbocycles. The first-order valence-electron chi connectivity index (χ1n) is 9.49. The number of rotatable bonds is 2. The van der Waals surface area contributed by atoms with Crippen LogP contribution in [0.2, 0.25) is 0 Å². The van der Waals surface area contributed by atoms with Gasteiger partial charge in [-0.1, -0.05) is 30.3 Å². The molecule has 0 atom stereocenters. The molecule has 0 N–H and O–H groups in total. The number of benzene rings is 1. The van der Waals surface area contributed by atoms with Crippen molar-refractivity contribution in [1.82, 2.24) is 24.1 Å². The number of carbonyl (C=O) groups excluding carboxylic acids is 1. The zero-order valence-electron chi connectivity index (χ0n) is 15.9. The number of amides is 1. The Kier molecular flexibility index (Phi) is 4.01. The van der Waals surface area contributed by atoms with Gasteiger partial charge in [0.1, 0.15) is 0 Å². The molecule has 0 radical (unpaired) electrons. The average molecular weight is 385 g/mol. The van der Waals surface area contributed by atoms with Gasteiger partial charge in [0, 0.05) is 56.3 Å². The van der Waals surface area contributed by atoms with Gasteiger partial charge in [-0.25, -0.2) is 9.50 Å². The number of pyridine rings is 1.